The number of unbranched alkanes of at least 4 members (excludes halogenated alkanes) is 25. The van der Waals surface area contributed by atoms with E-state index in [9.17, 15) is 14.4 Å². The fourth-order valence-electron chi connectivity index (χ4n) is 6.35. The average molecular weight is 759 g/mol. The second kappa shape index (κ2) is 43.4. The van der Waals surface area contributed by atoms with E-state index < -0.39 is 6.10 Å². The zero-order valence-electron chi connectivity index (χ0n) is 35.7. The van der Waals surface area contributed by atoms with E-state index >= 15 is 0 Å². The Morgan fingerprint density at radius 1 is 0.370 bits per heavy atom. The summed E-state index contributed by atoms with van der Waals surface area (Å²) in [5.74, 6) is -0.921. The maximum atomic E-state index is 12.7. The number of esters is 3. The molecule has 0 aromatic rings. The minimum atomic E-state index is -0.781. The summed E-state index contributed by atoms with van der Waals surface area (Å²) < 4.78 is 16.6. The predicted octanol–water partition coefficient (Wildman–Crippen LogP) is 14.6. The lowest BCUT2D eigenvalue weighted by atomic mass is 10.1. The molecule has 0 bridgehead atoms. The number of rotatable bonds is 41. The highest BCUT2D eigenvalue weighted by Gasteiger charge is 2.19. The van der Waals surface area contributed by atoms with Gasteiger partial charge in [-0.3, -0.25) is 14.4 Å². The first-order valence-electron chi connectivity index (χ1n) is 23.0. The molecule has 0 heterocycles. The van der Waals surface area contributed by atoms with E-state index in [0.29, 0.717) is 19.3 Å². The van der Waals surface area contributed by atoms with Crippen LogP contribution < -0.4 is 0 Å². The molecule has 0 saturated carbocycles. The van der Waals surface area contributed by atoms with Gasteiger partial charge in [-0.15, -0.1) is 0 Å². The molecule has 0 rings (SSSR count). The number of hydrogen-bond donors (Lipinski definition) is 0. The summed E-state index contributed by atoms with van der Waals surface area (Å²) in [5, 5.41) is 0. The van der Waals surface area contributed by atoms with Gasteiger partial charge in [0.2, 0.25) is 0 Å². The van der Waals surface area contributed by atoms with Gasteiger partial charge in [-0.2, -0.15) is 0 Å². The molecule has 1 atom stereocenters. The van der Waals surface area contributed by atoms with Crippen LogP contribution in [0.4, 0.5) is 0 Å². The van der Waals surface area contributed by atoms with Crippen molar-refractivity contribution >= 4 is 17.9 Å². The SMILES string of the molecule is CCCC/C=C\CCCCCCCC(=O)OC(COC(=O)CCCCC/C=C\C=C/CCCCCCCCC)COC(=O)CCCCCCCCCCC. The molecule has 0 aliphatic carbocycles. The van der Waals surface area contributed by atoms with Crippen LogP contribution in [-0.2, 0) is 28.6 Å². The summed E-state index contributed by atoms with van der Waals surface area (Å²) in [7, 11) is 0. The van der Waals surface area contributed by atoms with Crippen molar-refractivity contribution in [2.45, 2.75) is 239 Å². The summed E-state index contributed by atoms with van der Waals surface area (Å²) >= 11 is 0. The molecule has 1 unspecified atom stereocenters. The first kappa shape index (κ1) is 51.6. The van der Waals surface area contributed by atoms with Crippen molar-refractivity contribution in [3.63, 3.8) is 0 Å². The number of allylic oxidation sites excluding steroid dienone is 6. The largest absolute Gasteiger partial charge is 0.462 e. The van der Waals surface area contributed by atoms with Crippen molar-refractivity contribution < 1.29 is 28.6 Å². The third kappa shape index (κ3) is 40.8. The number of carbonyl (C=O) groups is 3. The Labute approximate surface area is 334 Å². The highest BCUT2D eigenvalue weighted by molar-refractivity contribution is 5.71. The van der Waals surface area contributed by atoms with Gasteiger partial charge in [0.05, 0.1) is 0 Å². The fraction of sp³-hybridized carbons (Fsp3) is 0.812. The highest BCUT2D eigenvalue weighted by Crippen LogP contribution is 2.13. The van der Waals surface area contributed by atoms with Gasteiger partial charge in [0, 0.05) is 19.3 Å². The molecule has 6 nitrogen and oxygen atoms in total. The third-order valence-corrected chi connectivity index (χ3v) is 9.90. The summed E-state index contributed by atoms with van der Waals surface area (Å²) in [6.45, 7) is 6.54. The van der Waals surface area contributed by atoms with Crippen LogP contribution >= 0.6 is 0 Å². The molecule has 6 heteroatoms. The normalized spacial score (nSPS) is 12.3. The van der Waals surface area contributed by atoms with E-state index in [4.69, 9.17) is 14.2 Å². The molecule has 0 fully saturated rings. The summed E-state index contributed by atoms with van der Waals surface area (Å²) in [6.07, 6.45) is 48.4. The highest BCUT2D eigenvalue weighted by atomic mass is 16.6. The first-order valence-corrected chi connectivity index (χ1v) is 23.0. The molecule has 0 aromatic heterocycles. The van der Waals surface area contributed by atoms with Gasteiger partial charge in [-0.05, 0) is 64.2 Å². The van der Waals surface area contributed by atoms with Crippen molar-refractivity contribution in [3.8, 4) is 0 Å². The molecule has 0 aliphatic rings. The average Bonchev–Trinajstić information content (AvgIpc) is 3.17. The van der Waals surface area contributed by atoms with Crippen molar-refractivity contribution in [1.29, 1.82) is 0 Å². The molecular formula is C48H86O6. The minimum absolute atomic E-state index is 0.0825. The number of hydrogen-bond acceptors (Lipinski definition) is 6. The zero-order chi connectivity index (χ0) is 39.4. The standard InChI is InChI=1S/C48H86O6/c1-4-7-10-13-16-19-21-22-23-24-25-27-29-32-35-38-41-47(50)53-44-45(43-52-46(49)40-37-34-31-28-18-15-12-9-6-3)54-48(51)42-39-36-33-30-26-20-17-14-11-8-5-2/h14,17,23-25,27,45H,4-13,15-16,18-22,26,28-44H2,1-3H3/b17-14-,24-23-,27-25-. The van der Waals surface area contributed by atoms with Crippen LogP contribution in [0.2, 0.25) is 0 Å². The Hall–Kier alpha value is -2.37. The second-order valence-electron chi connectivity index (χ2n) is 15.3. The van der Waals surface area contributed by atoms with Crippen LogP contribution in [0.1, 0.15) is 233 Å². The van der Waals surface area contributed by atoms with E-state index in [-0.39, 0.29) is 31.1 Å². The van der Waals surface area contributed by atoms with Crippen LogP contribution in [0, 0.1) is 0 Å². The van der Waals surface area contributed by atoms with E-state index in [1.54, 1.807) is 0 Å². The van der Waals surface area contributed by atoms with Crippen molar-refractivity contribution in [3.05, 3.63) is 36.5 Å². The zero-order valence-corrected chi connectivity index (χ0v) is 35.7. The molecule has 0 amide bonds. The monoisotopic (exact) mass is 759 g/mol. The van der Waals surface area contributed by atoms with Gasteiger partial charge >= 0.3 is 17.9 Å². The molecule has 314 valence electrons. The van der Waals surface area contributed by atoms with Crippen LogP contribution in [0.3, 0.4) is 0 Å². The van der Waals surface area contributed by atoms with E-state index in [0.717, 1.165) is 83.5 Å². The van der Waals surface area contributed by atoms with Gasteiger partial charge in [0.15, 0.2) is 6.10 Å². The molecule has 0 N–H and O–H groups in total. The van der Waals surface area contributed by atoms with Crippen molar-refractivity contribution in [1.82, 2.24) is 0 Å². The Morgan fingerprint density at radius 2 is 0.685 bits per heavy atom. The summed E-state index contributed by atoms with van der Waals surface area (Å²) in [4.78, 5) is 37.6. The number of ether oxygens (including phenoxy) is 3. The summed E-state index contributed by atoms with van der Waals surface area (Å²) in [6, 6.07) is 0. The maximum absolute atomic E-state index is 12.7. The van der Waals surface area contributed by atoms with E-state index in [2.05, 4.69) is 57.2 Å². The molecule has 0 saturated heterocycles. The lowest BCUT2D eigenvalue weighted by Crippen LogP contribution is -2.30. The molecule has 0 aromatic carbocycles. The molecule has 0 aliphatic heterocycles. The summed E-state index contributed by atoms with van der Waals surface area (Å²) in [5.41, 5.74) is 0. The predicted molar refractivity (Wildman–Crippen MR) is 229 cm³/mol. The van der Waals surface area contributed by atoms with Gasteiger partial charge < -0.3 is 14.2 Å². The first-order chi connectivity index (χ1) is 26.5. The van der Waals surface area contributed by atoms with Gasteiger partial charge in [0.25, 0.3) is 0 Å². The Balaban J connectivity index is 4.38. The Bertz CT molecular complexity index is 922. The molecule has 0 spiro atoms. The Kier molecular flexibility index (Phi) is 41.5. The van der Waals surface area contributed by atoms with Gasteiger partial charge in [-0.25, -0.2) is 0 Å². The van der Waals surface area contributed by atoms with E-state index in [1.807, 2.05) is 0 Å². The second-order valence-corrected chi connectivity index (χ2v) is 15.3. The molecular weight excluding hydrogens is 673 g/mol. The number of carbonyl (C=O) groups excluding carboxylic acids is 3. The van der Waals surface area contributed by atoms with Crippen LogP contribution in [0.5, 0.6) is 0 Å². The van der Waals surface area contributed by atoms with E-state index in [1.165, 1.54) is 109 Å². The fourth-order valence-corrected chi connectivity index (χ4v) is 6.35. The van der Waals surface area contributed by atoms with Crippen LogP contribution in [-0.4, -0.2) is 37.2 Å². The van der Waals surface area contributed by atoms with Crippen LogP contribution in [0.25, 0.3) is 0 Å². The lowest BCUT2D eigenvalue weighted by Gasteiger charge is -2.18. The van der Waals surface area contributed by atoms with Crippen molar-refractivity contribution in [2.24, 2.45) is 0 Å². The maximum Gasteiger partial charge on any atom is 0.306 e. The topological polar surface area (TPSA) is 78.9 Å². The smallest absolute Gasteiger partial charge is 0.306 e. The Morgan fingerprint density at radius 3 is 1.11 bits per heavy atom. The van der Waals surface area contributed by atoms with Gasteiger partial charge in [0.1, 0.15) is 13.2 Å². The van der Waals surface area contributed by atoms with Crippen LogP contribution in [0.15, 0.2) is 36.5 Å². The molecule has 54 heavy (non-hydrogen) atoms. The quantitative estimate of drug-likeness (QED) is 0.0203. The minimum Gasteiger partial charge on any atom is -0.462 e. The lowest BCUT2D eigenvalue weighted by molar-refractivity contribution is -0.167. The third-order valence-electron chi connectivity index (χ3n) is 9.90. The van der Waals surface area contributed by atoms with Gasteiger partial charge in [-0.1, -0.05) is 186 Å². The van der Waals surface area contributed by atoms with Crippen molar-refractivity contribution in [2.75, 3.05) is 13.2 Å². The molecule has 0 radical (unpaired) electrons.